The Bertz CT molecular complexity index is 905. The summed E-state index contributed by atoms with van der Waals surface area (Å²) < 4.78 is 17.1. The molecule has 0 unspecified atom stereocenters. The zero-order valence-corrected chi connectivity index (χ0v) is 18.9. The molecule has 0 N–H and O–H groups in total. The monoisotopic (exact) mass is 436 g/mol. The smallest absolute Gasteiger partial charge is 0.203 e. The van der Waals surface area contributed by atoms with Gasteiger partial charge in [0.2, 0.25) is 11.6 Å². The highest BCUT2D eigenvalue weighted by molar-refractivity contribution is 5.58. The van der Waals surface area contributed by atoms with Gasteiger partial charge in [0.1, 0.15) is 5.75 Å². The molecule has 32 heavy (non-hydrogen) atoms. The zero-order chi connectivity index (χ0) is 22.4. The van der Waals surface area contributed by atoms with E-state index < -0.39 is 0 Å². The first-order valence-electron chi connectivity index (χ1n) is 11.2. The summed E-state index contributed by atoms with van der Waals surface area (Å²) in [7, 11) is 0. The minimum atomic E-state index is 0.467. The fourth-order valence-electron chi connectivity index (χ4n) is 2.91. The average Bonchev–Trinajstić information content (AvgIpc) is 2.83. The summed E-state index contributed by atoms with van der Waals surface area (Å²) in [6.07, 6.45) is 2.85. The van der Waals surface area contributed by atoms with E-state index in [9.17, 15) is 0 Å². The van der Waals surface area contributed by atoms with Gasteiger partial charge in [-0.25, -0.2) is 0 Å². The Labute approximate surface area is 190 Å². The number of hydrogen-bond donors (Lipinski definition) is 0. The summed E-state index contributed by atoms with van der Waals surface area (Å²) in [6, 6.07) is 17.3. The van der Waals surface area contributed by atoms with E-state index in [1.807, 2.05) is 54.6 Å². The van der Waals surface area contributed by atoms with E-state index in [0.29, 0.717) is 37.4 Å². The third-order valence-electron chi connectivity index (χ3n) is 4.72. The highest BCUT2D eigenvalue weighted by Crippen LogP contribution is 2.21. The van der Waals surface area contributed by atoms with Crippen LogP contribution in [0.25, 0.3) is 22.8 Å². The van der Waals surface area contributed by atoms with E-state index in [2.05, 4.69) is 34.2 Å². The highest BCUT2D eigenvalue weighted by Gasteiger charge is 2.07. The zero-order valence-electron chi connectivity index (χ0n) is 18.9. The van der Waals surface area contributed by atoms with Gasteiger partial charge in [0, 0.05) is 44.0 Å². The lowest BCUT2D eigenvalue weighted by Gasteiger charge is -2.09. The molecule has 0 saturated carbocycles. The van der Waals surface area contributed by atoms with Crippen LogP contribution in [0.4, 0.5) is 0 Å². The lowest BCUT2D eigenvalue weighted by Crippen LogP contribution is -2.07. The van der Waals surface area contributed by atoms with Gasteiger partial charge in [0.25, 0.3) is 0 Å². The Kier molecular flexibility index (Phi) is 10.0. The van der Waals surface area contributed by atoms with Gasteiger partial charge < -0.3 is 14.2 Å². The molecule has 1 aromatic heterocycles. The van der Waals surface area contributed by atoms with Crippen molar-refractivity contribution < 1.29 is 14.2 Å². The van der Waals surface area contributed by atoms with E-state index in [1.54, 1.807) is 0 Å². The van der Waals surface area contributed by atoms with E-state index in [4.69, 9.17) is 14.2 Å². The molecule has 0 aliphatic rings. The molecule has 3 rings (SSSR count). The SMILES string of the molecule is CC(C)CCOCCCOCCCOc1cccc(-c2nnc(-c3ccccc3)nn2)c1. The van der Waals surface area contributed by atoms with Crippen LogP contribution in [0.1, 0.15) is 33.1 Å². The lowest BCUT2D eigenvalue weighted by atomic mass is 10.1. The number of benzene rings is 2. The first kappa shape index (κ1) is 23.8. The first-order valence-corrected chi connectivity index (χ1v) is 11.2. The van der Waals surface area contributed by atoms with Gasteiger partial charge in [0.15, 0.2) is 0 Å². The standard InChI is InChI=1S/C25H32N4O3/c1-20(2)13-18-31-15-7-14-30-16-8-17-32-23-12-6-11-22(19-23)25-28-26-24(27-29-25)21-9-4-3-5-10-21/h3-6,9-12,19-20H,7-8,13-18H2,1-2H3. The molecule has 0 fully saturated rings. The van der Waals surface area contributed by atoms with Gasteiger partial charge in [-0.15, -0.1) is 20.4 Å². The lowest BCUT2D eigenvalue weighted by molar-refractivity contribution is 0.0738. The predicted octanol–water partition coefficient (Wildman–Crippen LogP) is 4.84. The van der Waals surface area contributed by atoms with Crippen molar-refractivity contribution in [1.29, 1.82) is 0 Å². The molecule has 0 spiro atoms. The largest absolute Gasteiger partial charge is 0.493 e. The molecule has 0 aliphatic heterocycles. The molecule has 0 radical (unpaired) electrons. The van der Waals surface area contributed by atoms with Crippen LogP contribution in [0.2, 0.25) is 0 Å². The van der Waals surface area contributed by atoms with Crippen LogP contribution in [0.5, 0.6) is 5.75 Å². The molecule has 7 heteroatoms. The predicted molar refractivity (Wildman–Crippen MR) is 124 cm³/mol. The molecule has 0 bridgehead atoms. The van der Waals surface area contributed by atoms with Crippen LogP contribution in [0, 0.1) is 5.92 Å². The van der Waals surface area contributed by atoms with Crippen LogP contribution < -0.4 is 4.74 Å². The van der Waals surface area contributed by atoms with Crippen molar-refractivity contribution in [2.45, 2.75) is 33.1 Å². The van der Waals surface area contributed by atoms with Gasteiger partial charge in [-0.1, -0.05) is 56.3 Å². The van der Waals surface area contributed by atoms with E-state index in [0.717, 1.165) is 49.4 Å². The summed E-state index contributed by atoms with van der Waals surface area (Å²) in [6.45, 7) is 7.97. The number of nitrogens with zero attached hydrogens (tertiary/aromatic N) is 4. The molecular weight excluding hydrogens is 404 g/mol. The molecule has 0 amide bonds. The summed E-state index contributed by atoms with van der Waals surface area (Å²) >= 11 is 0. The molecule has 170 valence electrons. The first-order chi connectivity index (χ1) is 15.7. The van der Waals surface area contributed by atoms with Crippen LogP contribution in [0.3, 0.4) is 0 Å². The summed E-state index contributed by atoms with van der Waals surface area (Å²) in [4.78, 5) is 0. The normalized spacial score (nSPS) is 11.1. The Balaban J connectivity index is 1.35. The fraction of sp³-hybridized carbons (Fsp3) is 0.440. The van der Waals surface area contributed by atoms with E-state index in [1.165, 1.54) is 0 Å². The van der Waals surface area contributed by atoms with Crippen molar-refractivity contribution in [3.05, 3.63) is 54.6 Å². The average molecular weight is 437 g/mol. The van der Waals surface area contributed by atoms with Crippen molar-refractivity contribution in [2.75, 3.05) is 33.0 Å². The Hall–Kier alpha value is -2.90. The van der Waals surface area contributed by atoms with Gasteiger partial charge in [-0.05, 0) is 30.9 Å². The Morgan fingerprint density at radius 2 is 1.25 bits per heavy atom. The molecule has 0 saturated heterocycles. The minimum absolute atomic E-state index is 0.467. The van der Waals surface area contributed by atoms with Crippen molar-refractivity contribution >= 4 is 0 Å². The molecule has 7 nitrogen and oxygen atoms in total. The number of hydrogen-bond acceptors (Lipinski definition) is 7. The third kappa shape index (κ3) is 8.32. The van der Waals surface area contributed by atoms with Crippen LogP contribution in [-0.2, 0) is 9.47 Å². The van der Waals surface area contributed by atoms with Crippen LogP contribution >= 0.6 is 0 Å². The number of aromatic nitrogens is 4. The highest BCUT2D eigenvalue weighted by atomic mass is 16.5. The van der Waals surface area contributed by atoms with E-state index in [-0.39, 0.29) is 0 Å². The topological polar surface area (TPSA) is 79.2 Å². The van der Waals surface area contributed by atoms with Crippen molar-refractivity contribution in [3.63, 3.8) is 0 Å². The number of rotatable bonds is 14. The van der Waals surface area contributed by atoms with Gasteiger partial charge in [-0.3, -0.25) is 0 Å². The maximum atomic E-state index is 5.84. The summed E-state index contributed by atoms with van der Waals surface area (Å²) in [5.41, 5.74) is 1.70. The van der Waals surface area contributed by atoms with Crippen molar-refractivity contribution in [1.82, 2.24) is 20.4 Å². The quantitative estimate of drug-likeness (QED) is 0.335. The van der Waals surface area contributed by atoms with Crippen molar-refractivity contribution in [3.8, 4) is 28.5 Å². The van der Waals surface area contributed by atoms with Gasteiger partial charge in [-0.2, -0.15) is 0 Å². The van der Waals surface area contributed by atoms with Gasteiger partial charge in [0.05, 0.1) is 6.61 Å². The molecule has 2 aromatic carbocycles. The minimum Gasteiger partial charge on any atom is -0.493 e. The second-order valence-corrected chi connectivity index (χ2v) is 7.90. The summed E-state index contributed by atoms with van der Waals surface area (Å²) in [5, 5.41) is 16.8. The Morgan fingerprint density at radius 3 is 1.94 bits per heavy atom. The van der Waals surface area contributed by atoms with E-state index >= 15 is 0 Å². The maximum Gasteiger partial charge on any atom is 0.203 e. The third-order valence-corrected chi connectivity index (χ3v) is 4.72. The van der Waals surface area contributed by atoms with Crippen LogP contribution in [-0.4, -0.2) is 53.4 Å². The Morgan fingerprint density at radius 1 is 0.656 bits per heavy atom. The molecular formula is C25H32N4O3. The van der Waals surface area contributed by atoms with Gasteiger partial charge >= 0.3 is 0 Å². The van der Waals surface area contributed by atoms with Crippen LogP contribution in [0.15, 0.2) is 54.6 Å². The second-order valence-electron chi connectivity index (χ2n) is 7.90. The summed E-state index contributed by atoms with van der Waals surface area (Å²) in [5.74, 6) is 2.42. The second kappa shape index (κ2) is 13.5. The molecule has 1 heterocycles. The van der Waals surface area contributed by atoms with Crippen molar-refractivity contribution in [2.24, 2.45) is 5.92 Å². The molecule has 3 aromatic rings. The maximum absolute atomic E-state index is 5.84. The molecule has 0 atom stereocenters. The fourth-order valence-corrected chi connectivity index (χ4v) is 2.91. The molecule has 0 aliphatic carbocycles. The number of ether oxygens (including phenoxy) is 3.